The number of imidazole rings is 1. The predicted octanol–water partition coefficient (Wildman–Crippen LogP) is 1.81. The van der Waals surface area contributed by atoms with Crippen molar-refractivity contribution in [2.75, 3.05) is 6.61 Å². The topological polar surface area (TPSA) is 37.5 Å². The molecule has 0 aliphatic rings. The van der Waals surface area contributed by atoms with Crippen LogP contribution >= 0.6 is 0 Å². The minimum atomic E-state index is -3.07. The summed E-state index contributed by atoms with van der Waals surface area (Å²) in [6.07, 6.45) is 2.34. The van der Waals surface area contributed by atoms with Crippen molar-refractivity contribution in [1.82, 2.24) is 9.38 Å². The van der Waals surface area contributed by atoms with Gasteiger partial charge < -0.3 is 9.51 Å². The van der Waals surface area contributed by atoms with Gasteiger partial charge in [0.25, 0.3) is 5.92 Å². The van der Waals surface area contributed by atoms with E-state index in [0.717, 1.165) is 0 Å². The summed E-state index contributed by atoms with van der Waals surface area (Å²) >= 11 is 0. The number of nitrogens with zero attached hydrogens (tertiary/aromatic N) is 2. The molecule has 0 saturated carbocycles. The lowest BCUT2D eigenvalue weighted by molar-refractivity contribution is -0.0305. The van der Waals surface area contributed by atoms with Crippen LogP contribution in [0.15, 0.2) is 30.6 Å². The highest BCUT2D eigenvalue weighted by Crippen LogP contribution is 2.30. The predicted molar refractivity (Wildman–Crippen MR) is 50.8 cm³/mol. The fourth-order valence-corrected chi connectivity index (χ4v) is 1.38. The highest BCUT2D eigenvalue weighted by molar-refractivity contribution is 5.40. The fourth-order valence-electron chi connectivity index (χ4n) is 1.38. The van der Waals surface area contributed by atoms with E-state index in [9.17, 15) is 8.78 Å². The Hall–Kier alpha value is -1.49. The third kappa shape index (κ3) is 1.83. The van der Waals surface area contributed by atoms with Crippen LogP contribution in [0, 0.1) is 0 Å². The maximum atomic E-state index is 13.4. The Bertz CT molecular complexity index is 434. The molecular formula is C10H10F2N2O. The lowest BCUT2D eigenvalue weighted by Crippen LogP contribution is -2.15. The lowest BCUT2D eigenvalue weighted by atomic mass is 10.2. The molecule has 80 valence electrons. The van der Waals surface area contributed by atoms with Crippen molar-refractivity contribution in [2.24, 2.45) is 0 Å². The van der Waals surface area contributed by atoms with Gasteiger partial charge in [-0.15, -0.1) is 0 Å². The Morgan fingerprint density at radius 1 is 1.40 bits per heavy atom. The molecule has 0 spiro atoms. The van der Waals surface area contributed by atoms with E-state index in [1.54, 1.807) is 24.4 Å². The number of aliphatic hydroxyl groups excluding tert-OH is 1. The zero-order chi connectivity index (χ0) is 10.9. The van der Waals surface area contributed by atoms with E-state index in [1.165, 1.54) is 10.6 Å². The van der Waals surface area contributed by atoms with Crippen LogP contribution in [0.25, 0.3) is 5.65 Å². The Morgan fingerprint density at radius 2 is 2.20 bits per heavy atom. The van der Waals surface area contributed by atoms with Gasteiger partial charge in [-0.05, 0) is 12.1 Å². The number of rotatable bonds is 3. The van der Waals surface area contributed by atoms with Crippen LogP contribution in [0.2, 0.25) is 0 Å². The molecular weight excluding hydrogens is 202 g/mol. The van der Waals surface area contributed by atoms with Gasteiger partial charge in [0.1, 0.15) is 11.3 Å². The van der Waals surface area contributed by atoms with E-state index in [4.69, 9.17) is 5.11 Å². The number of pyridine rings is 1. The van der Waals surface area contributed by atoms with Crippen LogP contribution in [0.5, 0.6) is 0 Å². The molecule has 0 atom stereocenters. The van der Waals surface area contributed by atoms with Crippen molar-refractivity contribution < 1.29 is 13.9 Å². The highest BCUT2D eigenvalue weighted by Gasteiger charge is 2.33. The van der Waals surface area contributed by atoms with Gasteiger partial charge >= 0.3 is 0 Å². The molecule has 1 N–H and O–H groups in total. The molecule has 2 rings (SSSR count). The first-order valence-corrected chi connectivity index (χ1v) is 4.56. The van der Waals surface area contributed by atoms with Crippen molar-refractivity contribution in [3.63, 3.8) is 0 Å². The van der Waals surface area contributed by atoms with Gasteiger partial charge in [0.05, 0.1) is 0 Å². The molecule has 3 nitrogen and oxygen atoms in total. The molecule has 0 aliphatic heterocycles. The fraction of sp³-hybridized carbons (Fsp3) is 0.300. The van der Waals surface area contributed by atoms with Gasteiger partial charge in [0.2, 0.25) is 0 Å². The van der Waals surface area contributed by atoms with Crippen molar-refractivity contribution in [3.8, 4) is 0 Å². The maximum Gasteiger partial charge on any atom is 0.293 e. The molecule has 2 heterocycles. The molecule has 5 heteroatoms. The summed E-state index contributed by atoms with van der Waals surface area (Å²) in [6.45, 7) is -0.555. The third-order valence-electron chi connectivity index (χ3n) is 2.16. The Morgan fingerprint density at radius 3 is 2.87 bits per heavy atom. The van der Waals surface area contributed by atoms with E-state index in [-0.39, 0.29) is 5.69 Å². The summed E-state index contributed by atoms with van der Waals surface area (Å²) in [5.74, 6) is -3.07. The summed E-state index contributed by atoms with van der Waals surface area (Å²) < 4.78 is 28.2. The van der Waals surface area contributed by atoms with Crippen LogP contribution in [-0.2, 0) is 5.92 Å². The molecule has 15 heavy (non-hydrogen) atoms. The standard InChI is InChI=1S/C10H10F2N2O/c11-10(12,4-6-15)8-7-14-5-2-1-3-9(14)13-8/h1-3,5,7,15H,4,6H2. The number of aromatic nitrogens is 2. The second kappa shape index (κ2) is 3.58. The number of fused-ring (bicyclic) bond motifs is 1. The van der Waals surface area contributed by atoms with E-state index in [1.807, 2.05) is 0 Å². The first-order chi connectivity index (χ1) is 7.13. The summed E-state index contributed by atoms with van der Waals surface area (Å²) in [4.78, 5) is 3.80. The Balaban J connectivity index is 2.44. The minimum absolute atomic E-state index is 0.303. The number of halogens is 2. The molecule has 0 radical (unpaired) electrons. The van der Waals surface area contributed by atoms with E-state index < -0.39 is 19.0 Å². The zero-order valence-electron chi connectivity index (χ0n) is 7.90. The van der Waals surface area contributed by atoms with E-state index >= 15 is 0 Å². The summed E-state index contributed by atoms with van der Waals surface area (Å²) in [7, 11) is 0. The van der Waals surface area contributed by atoms with Gasteiger partial charge in [0, 0.05) is 25.4 Å². The van der Waals surface area contributed by atoms with Crippen molar-refractivity contribution in [3.05, 3.63) is 36.3 Å². The van der Waals surface area contributed by atoms with E-state index in [2.05, 4.69) is 4.98 Å². The number of aliphatic hydroxyl groups is 1. The maximum absolute atomic E-state index is 13.4. The molecule has 0 amide bonds. The molecule has 0 fully saturated rings. The largest absolute Gasteiger partial charge is 0.396 e. The van der Waals surface area contributed by atoms with Crippen LogP contribution in [0.4, 0.5) is 8.78 Å². The highest BCUT2D eigenvalue weighted by atomic mass is 19.3. The second-order valence-corrected chi connectivity index (χ2v) is 3.27. The third-order valence-corrected chi connectivity index (χ3v) is 2.16. The smallest absolute Gasteiger partial charge is 0.293 e. The van der Waals surface area contributed by atoms with Gasteiger partial charge in [-0.25, -0.2) is 4.98 Å². The zero-order valence-corrected chi connectivity index (χ0v) is 7.90. The quantitative estimate of drug-likeness (QED) is 0.842. The van der Waals surface area contributed by atoms with Gasteiger partial charge in [-0.2, -0.15) is 8.78 Å². The lowest BCUT2D eigenvalue weighted by Gasteiger charge is -2.10. The number of hydrogen-bond acceptors (Lipinski definition) is 2. The van der Waals surface area contributed by atoms with Crippen molar-refractivity contribution in [1.29, 1.82) is 0 Å². The van der Waals surface area contributed by atoms with Crippen LogP contribution in [-0.4, -0.2) is 21.1 Å². The van der Waals surface area contributed by atoms with Crippen LogP contribution in [0.3, 0.4) is 0 Å². The van der Waals surface area contributed by atoms with Gasteiger partial charge in [-0.3, -0.25) is 0 Å². The molecule has 0 bridgehead atoms. The normalized spacial score (nSPS) is 12.2. The first kappa shape index (κ1) is 10.0. The summed E-state index contributed by atoms with van der Waals surface area (Å²) in [6, 6.07) is 5.12. The monoisotopic (exact) mass is 212 g/mol. The van der Waals surface area contributed by atoms with E-state index in [0.29, 0.717) is 5.65 Å². The summed E-state index contributed by atoms with van der Waals surface area (Å²) in [5.41, 5.74) is 0.174. The number of alkyl halides is 2. The number of hydrogen-bond donors (Lipinski definition) is 1. The Labute approximate surface area is 85.0 Å². The molecule has 0 unspecified atom stereocenters. The molecule has 0 aromatic carbocycles. The first-order valence-electron chi connectivity index (χ1n) is 4.56. The molecule has 2 aromatic rings. The summed E-state index contributed by atoms with van der Waals surface area (Å²) in [5, 5.41) is 8.52. The SMILES string of the molecule is OCCC(F)(F)c1cn2ccccc2n1. The second-order valence-electron chi connectivity index (χ2n) is 3.27. The van der Waals surface area contributed by atoms with Gasteiger partial charge in [0.15, 0.2) is 0 Å². The average Bonchev–Trinajstić information content (AvgIpc) is 2.61. The van der Waals surface area contributed by atoms with Crippen molar-refractivity contribution in [2.45, 2.75) is 12.3 Å². The molecule has 0 saturated heterocycles. The average molecular weight is 212 g/mol. The minimum Gasteiger partial charge on any atom is -0.396 e. The molecule has 0 aliphatic carbocycles. The molecule has 2 aromatic heterocycles. The Kier molecular flexibility index (Phi) is 2.40. The van der Waals surface area contributed by atoms with Crippen LogP contribution in [0.1, 0.15) is 12.1 Å². The van der Waals surface area contributed by atoms with Crippen molar-refractivity contribution >= 4 is 5.65 Å². The van der Waals surface area contributed by atoms with Crippen LogP contribution < -0.4 is 0 Å². The van der Waals surface area contributed by atoms with Gasteiger partial charge in [-0.1, -0.05) is 6.07 Å².